The lowest BCUT2D eigenvalue weighted by Crippen LogP contribution is -2.52. The van der Waals surface area contributed by atoms with Crippen LogP contribution in [0.15, 0.2) is 46.2 Å². The quantitative estimate of drug-likeness (QED) is 0.205. The van der Waals surface area contributed by atoms with E-state index in [1.54, 1.807) is 38.1 Å². The highest BCUT2D eigenvalue weighted by molar-refractivity contribution is 7.21. The Kier molecular flexibility index (Phi) is 8.50. The van der Waals surface area contributed by atoms with Gasteiger partial charge in [0.2, 0.25) is 0 Å². The van der Waals surface area contributed by atoms with Crippen molar-refractivity contribution < 1.29 is 24.2 Å². The number of carboxylic acids is 1. The molecule has 0 aliphatic heterocycles. The Bertz CT molecular complexity index is 1760. The molecule has 0 aliphatic carbocycles. The van der Waals surface area contributed by atoms with Gasteiger partial charge in [-0.3, -0.25) is 9.36 Å². The molecule has 0 amide bonds. The van der Waals surface area contributed by atoms with Gasteiger partial charge in [0, 0.05) is 5.56 Å². The fourth-order valence-electron chi connectivity index (χ4n) is 4.42. The monoisotopic (exact) mass is 580 g/mol. The summed E-state index contributed by atoms with van der Waals surface area (Å²) in [7, 11) is 0. The Morgan fingerprint density at radius 1 is 1.20 bits per heavy atom. The number of hydrogen-bond acceptors (Lipinski definition) is 10. The highest BCUT2D eigenvalue weighted by atomic mass is 32.1. The molecule has 0 unspecified atom stereocenters. The molecule has 14 heteroatoms. The predicted octanol–water partition coefficient (Wildman–Crippen LogP) is 2.78. The molecule has 0 radical (unpaired) electrons. The summed E-state index contributed by atoms with van der Waals surface area (Å²) in [5, 5.41) is 27.9. The summed E-state index contributed by atoms with van der Waals surface area (Å²) >= 11 is 1.09. The zero-order chi connectivity index (χ0) is 29.9. The molecule has 0 fully saturated rings. The van der Waals surface area contributed by atoms with Crippen LogP contribution in [0.25, 0.3) is 15.2 Å². The maximum absolute atomic E-state index is 14.0. The van der Waals surface area contributed by atoms with E-state index in [-0.39, 0.29) is 42.0 Å². The summed E-state index contributed by atoms with van der Waals surface area (Å²) in [6.07, 6.45) is 2.03. The highest BCUT2D eigenvalue weighted by Gasteiger charge is 2.36. The van der Waals surface area contributed by atoms with Gasteiger partial charge in [-0.2, -0.15) is 15.5 Å². The van der Waals surface area contributed by atoms with E-state index in [9.17, 15) is 24.3 Å². The second-order valence-corrected chi connectivity index (χ2v) is 10.5. The smallest absolute Gasteiger partial charge is 0.338 e. The standard InChI is InChI=1S/C27H28N6O7S/c1-5-39-24(35)18-10-7-6-9-17(18)19(40-14-8-11-28)15-31-23-20(16(2)22(41-23)33-29-12-13-30-33)21(34)32(26(31)38)27(3,4)25(36)37/h6-7,9-10,12-13,19H,5,8,14-15H2,1-4H3,(H,36,37)/t19-/m0/s1. The summed E-state index contributed by atoms with van der Waals surface area (Å²) in [6.45, 7) is 5.80. The predicted molar refractivity (Wildman–Crippen MR) is 148 cm³/mol. The van der Waals surface area contributed by atoms with Crippen molar-refractivity contribution in [3.63, 3.8) is 0 Å². The van der Waals surface area contributed by atoms with E-state index in [1.807, 2.05) is 6.07 Å². The molecule has 3 heterocycles. The average Bonchev–Trinajstić information content (AvgIpc) is 3.58. The van der Waals surface area contributed by atoms with Crippen LogP contribution >= 0.6 is 11.3 Å². The van der Waals surface area contributed by atoms with Crippen LogP contribution in [0.4, 0.5) is 0 Å². The van der Waals surface area contributed by atoms with Crippen LogP contribution in [0.5, 0.6) is 0 Å². The highest BCUT2D eigenvalue weighted by Crippen LogP contribution is 2.33. The minimum Gasteiger partial charge on any atom is -0.480 e. The van der Waals surface area contributed by atoms with Crippen LogP contribution in [0, 0.1) is 18.3 Å². The summed E-state index contributed by atoms with van der Waals surface area (Å²) in [5.74, 6) is -1.97. The topological polar surface area (TPSA) is 171 Å². The lowest BCUT2D eigenvalue weighted by Gasteiger charge is -2.25. The molecule has 41 heavy (non-hydrogen) atoms. The first-order valence-electron chi connectivity index (χ1n) is 12.7. The van der Waals surface area contributed by atoms with Crippen molar-refractivity contribution in [3.8, 4) is 11.1 Å². The summed E-state index contributed by atoms with van der Waals surface area (Å²) < 4.78 is 13.2. The van der Waals surface area contributed by atoms with E-state index in [2.05, 4.69) is 10.2 Å². The number of esters is 1. The zero-order valence-electron chi connectivity index (χ0n) is 22.9. The van der Waals surface area contributed by atoms with Gasteiger partial charge in [-0.15, -0.1) is 4.80 Å². The molecule has 1 aromatic carbocycles. The number of nitriles is 1. The fraction of sp³-hybridized carbons (Fsp3) is 0.370. The first kappa shape index (κ1) is 29.4. The molecule has 1 atom stereocenters. The third kappa shape index (κ3) is 5.41. The van der Waals surface area contributed by atoms with Gasteiger partial charge >= 0.3 is 17.6 Å². The fourth-order valence-corrected chi connectivity index (χ4v) is 5.64. The van der Waals surface area contributed by atoms with Crippen molar-refractivity contribution in [2.45, 2.75) is 52.3 Å². The Morgan fingerprint density at radius 3 is 2.51 bits per heavy atom. The molecule has 0 saturated carbocycles. The lowest BCUT2D eigenvalue weighted by molar-refractivity contribution is -0.146. The second kappa shape index (κ2) is 11.9. The van der Waals surface area contributed by atoms with E-state index in [4.69, 9.17) is 14.7 Å². The summed E-state index contributed by atoms with van der Waals surface area (Å²) in [6, 6.07) is 8.58. The van der Waals surface area contributed by atoms with Crippen molar-refractivity contribution >= 4 is 33.5 Å². The van der Waals surface area contributed by atoms with Crippen molar-refractivity contribution in [1.29, 1.82) is 5.26 Å². The Balaban J connectivity index is 2.02. The molecule has 0 spiro atoms. The number of aliphatic carboxylic acids is 1. The number of benzene rings is 1. The molecule has 4 aromatic rings. The summed E-state index contributed by atoms with van der Waals surface area (Å²) in [4.78, 5) is 54.3. The molecule has 0 aliphatic rings. The molecule has 4 rings (SSSR count). The maximum Gasteiger partial charge on any atom is 0.338 e. The van der Waals surface area contributed by atoms with Crippen LogP contribution in [-0.4, -0.2) is 54.4 Å². The van der Waals surface area contributed by atoms with Crippen LogP contribution in [0.1, 0.15) is 54.8 Å². The number of rotatable bonds is 11. The Hall–Kier alpha value is -4.61. The second-order valence-electron chi connectivity index (χ2n) is 9.50. The van der Waals surface area contributed by atoms with E-state index < -0.39 is 34.8 Å². The van der Waals surface area contributed by atoms with Crippen LogP contribution in [-0.2, 0) is 26.4 Å². The van der Waals surface area contributed by atoms with E-state index in [1.165, 1.54) is 35.6 Å². The lowest BCUT2D eigenvalue weighted by atomic mass is 10.0. The molecule has 0 saturated heterocycles. The Labute approximate surface area is 237 Å². The van der Waals surface area contributed by atoms with Gasteiger partial charge in [0.15, 0.2) is 0 Å². The third-order valence-corrected chi connectivity index (χ3v) is 7.84. The number of fused-ring (bicyclic) bond motifs is 1. The molecular formula is C27H28N6O7S. The largest absolute Gasteiger partial charge is 0.480 e. The number of hydrogen-bond donors (Lipinski definition) is 1. The third-order valence-electron chi connectivity index (χ3n) is 6.55. The van der Waals surface area contributed by atoms with Gasteiger partial charge in [0.05, 0.1) is 55.6 Å². The molecule has 214 valence electrons. The number of aryl methyl sites for hydroxylation is 1. The average molecular weight is 581 g/mol. The normalized spacial score (nSPS) is 12.3. The van der Waals surface area contributed by atoms with Gasteiger partial charge in [-0.1, -0.05) is 29.5 Å². The molecular weight excluding hydrogens is 552 g/mol. The van der Waals surface area contributed by atoms with Gasteiger partial charge in [0.1, 0.15) is 21.5 Å². The zero-order valence-corrected chi connectivity index (χ0v) is 23.7. The number of thiophene rings is 1. The van der Waals surface area contributed by atoms with Crippen LogP contribution in [0.3, 0.4) is 0 Å². The van der Waals surface area contributed by atoms with E-state index in [0.717, 1.165) is 11.3 Å². The van der Waals surface area contributed by atoms with Crippen molar-refractivity contribution in [2.75, 3.05) is 13.2 Å². The molecule has 0 bridgehead atoms. The SMILES string of the molecule is CCOC(=O)c1ccccc1[C@H](Cn1c(=O)n(C(C)(C)C(=O)O)c(=O)c2c(C)c(-n3nccn3)sc21)OCCC#N. The Morgan fingerprint density at radius 2 is 1.88 bits per heavy atom. The number of carbonyl (C=O) groups is 2. The molecule has 13 nitrogen and oxygen atoms in total. The van der Waals surface area contributed by atoms with Crippen LogP contribution in [0.2, 0.25) is 0 Å². The number of nitrogens with zero attached hydrogens (tertiary/aromatic N) is 6. The van der Waals surface area contributed by atoms with Gasteiger partial charge in [0.25, 0.3) is 5.56 Å². The summed E-state index contributed by atoms with van der Waals surface area (Å²) in [5.41, 5.74) is -2.47. The van der Waals surface area contributed by atoms with Gasteiger partial charge in [-0.25, -0.2) is 19.0 Å². The number of carboxylic acid groups (broad SMARTS) is 1. The minimum atomic E-state index is -1.90. The maximum atomic E-state index is 14.0. The van der Waals surface area contributed by atoms with E-state index >= 15 is 0 Å². The number of aromatic nitrogens is 5. The van der Waals surface area contributed by atoms with Gasteiger partial charge in [-0.05, 0) is 39.3 Å². The minimum absolute atomic E-state index is 0.0115. The number of carbonyl (C=O) groups excluding carboxylic acids is 1. The van der Waals surface area contributed by atoms with Crippen molar-refractivity contribution in [1.82, 2.24) is 24.1 Å². The van der Waals surface area contributed by atoms with Gasteiger partial charge < -0.3 is 14.6 Å². The molecule has 3 aromatic heterocycles. The van der Waals surface area contributed by atoms with Crippen molar-refractivity contribution in [2.24, 2.45) is 0 Å². The first-order valence-corrected chi connectivity index (χ1v) is 13.5. The first-order chi connectivity index (χ1) is 19.5. The van der Waals surface area contributed by atoms with E-state index in [0.29, 0.717) is 20.7 Å². The number of ether oxygens (including phenoxy) is 2. The van der Waals surface area contributed by atoms with Crippen molar-refractivity contribution in [3.05, 3.63) is 74.2 Å². The van der Waals surface area contributed by atoms with Crippen LogP contribution < -0.4 is 11.2 Å². The molecule has 1 N–H and O–H groups in total.